The van der Waals surface area contributed by atoms with Gasteiger partial charge in [0.1, 0.15) is 13.2 Å². The van der Waals surface area contributed by atoms with Crippen molar-refractivity contribution >= 4 is 17.9 Å². The van der Waals surface area contributed by atoms with E-state index in [1.807, 2.05) is 21.1 Å². The highest BCUT2D eigenvalue weighted by Crippen LogP contribution is 2.19. The number of esters is 2. The smallest absolute Gasteiger partial charge is 0.361 e. The number of rotatable bonds is 70. The van der Waals surface area contributed by atoms with E-state index in [9.17, 15) is 19.5 Å². The van der Waals surface area contributed by atoms with Crippen LogP contribution in [-0.4, -0.2) is 87.4 Å². The van der Waals surface area contributed by atoms with Crippen LogP contribution in [0.1, 0.15) is 341 Å². The number of carboxylic acids is 1. The second kappa shape index (κ2) is 71.1. The van der Waals surface area contributed by atoms with E-state index in [1.165, 1.54) is 225 Å². The average Bonchev–Trinajstić information content (AvgIpc) is 3.65. The molecule has 1 N–H and O–H groups in total. The van der Waals surface area contributed by atoms with E-state index in [0.717, 1.165) is 89.9 Å². The molecule has 0 aliphatic carbocycles. The first kappa shape index (κ1) is 86.2. The molecule has 0 bridgehead atoms. The Kier molecular flexibility index (Phi) is 68.1. The Morgan fingerprint density at radius 2 is 0.633 bits per heavy atom. The van der Waals surface area contributed by atoms with Crippen LogP contribution in [0.25, 0.3) is 0 Å². The summed E-state index contributed by atoms with van der Waals surface area (Å²) in [5, 5.41) is 9.76. The lowest BCUT2D eigenvalue weighted by molar-refractivity contribution is -0.870. The summed E-state index contributed by atoms with van der Waals surface area (Å²) in [6.07, 6.45) is 95.4. The number of hydrogen-bond donors (Lipinski definition) is 1. The zero-order valence-electron chi connectivity index (χ0n) is 59.5. The minimum atomic E-state index is -1.51. The van der Waals surface area contributed by atoms with Gasteiger partial charge in [-0.15, -0.1) is 0 Å². The van der Waals surface area contributed by atoms with Crippen molar-refractivity contribution in [1.29, 1.82) is 0 Å². The maximum Gasteiger partial charge on any atom is 0.361 e. The Balaban J connectivity index is 4.06. The molecule has 0 saturated heterocycles. The van der Waals surface area contributed by atoms with Crippen molar-refractivity contribution in [2.75, 3.05) is 47.5 Å². The first-order chi connectivity index (χ1) is 44.1. The van der Waals surface area contributed by atoms with Gasteiger partial charge in [0.2, 0.25) is 0 Å². The normalized spacial score (nSPS) is 13.2. The fourth-order valence-corrected chi connectivity index (χ4v) is 10.9. The molecule has 520 valence electrons. The molecule has 0 aromatic heterocycles. The van der Waals surface area contributed by atoms with Gasteiger partial charge in [0.05, 0.1) is 34.4 Å². The maximum atomic E-state index is 13.0. The molecule has 0 amide bonds. The first-order valence-electron chi connectivity index (χ1n) is 37.9. The molecule has 0 aromatic carbocycles. The molecule has 2 atom stereocenters. The van der Waals surface area contributed by atoms with Gasteiger partial charge in [-0.05, 0) is 77.0 Å². The van der Waals surface area contributed by atoms with E-state index in [1.54, 1.807) is 0 Å². The van der Waals surface area contributed by atoms with E-state index in [4.69, 9.17) is 18.9 Å². The van der Waals surface area contributed by atoms with Gasteiger partial charge in [0.15, 0.2) is 6.10 Å². The summed E-state index contributed by atoms with van der Waals surface area (Å²) in [6.45, 7) is 4.81. The van der Waals surface area contributed by atoms with Crippen molar-refractivity contribution in [2.45, 2.75) is 354 Å². The van der Waals surface area contributed by atoms with Crippen molar-refractivity contribution in [3.05, 3.63) is 97.2 Å². The van der Waals surface area contributed by atoms with Crippen molar-refractivity contribution in [2.24, 2.45) is 0 Å². The monoisotopic (exact) mass is 1260 g/mol. The van der Waals surface area contributed by atoms with E-state index < -0.39 is 24.3 Å². The standard InChI is InChI=1S/C81H143NO8/c1-6-8-10-12-14-16-18-20-22-24-26-28-30-32-34-35-36-37-38-39-40-41-42-43-44-45-46-48-50-52-54-56-58-60-62-64-66-68-70-72-79(84)90-77(76-89-81(80(85)86)87-74-73-82(3,4)5)75-88-78(83)71-69-67-65-63-61-59-57-55-53-51-49-47-33-31-29-27-25-23-21-19-17-15-13-11-9-7-2/h8,10,14,16,20,22,26,28,32,34,36-37,39-40,42-43,77,81H,6-7,9,11-13,15,17-19,21,23-25,27,29-31,33,35,38,41,44-76H2,1-5H3/p+1/b10-8-,16-14-,22-20-,28-26-,34-32-,37-36-,40-39-,43-42-. The number of likely N-dealkylation sites (N-methyl/N-ethyl adjacent to an activating group) is 1. The van der Waals surface area contributed by atoms with Crippen LogP contribution in [0.2, 0.25) is 0 Å². The van der Waals surface area contributed by atoms with Crippen molar-refractivity contribution in [1.82, 2.24) is 0 Å². The molecule has 0 radical (unpaired) electrons. The van der Waals surface area contributed by atoms with Crippen LogP contribution in [0.4, 0.5) is 0 Å². The van der Waals surface area contributed by atoms with Gasteiger partial charge >= 0.3 is 17.9 Å². The van der Waals surface area contributed by atoms with Crippen molar-refractivity contribution < 1.29 is 42.9 Å². The van der Waals surface area contributed by atoms with Gasteiger partial charge in [0, 0.05) is 12.8 Å². The molecule has 0 aliphatic rings. The molecule has 0 heterocycles. The lowest BCUT2D eigenvalue weighted by Gasteiger charge is -2.25. The molecule has 90 heavy (non-hydrogen) atoms. The maximum absolute atomic E-state index is 13.0. The summed E-state index contributed by atoms with van der Waals surface area (Å²) in [7, 11) is 5.99. The highest BCUT2D eigenvalue weighted by Gasteiger charge is 2.25. The predicted molar refractivity (Wildman–Crippen MR) is 387 cm³/mol. The lowest BCUT2D eigenvalue weighted by atomic mass is 10.0. The van der Waals surface area contributed by atoms with Crippen LogP contribution < -0.4 is 0 Å². The number of hydrogen-bond acceptors (Lipinski definition) is 7. The van der Waals surface area contributed by atoms with E-state index in [-0.39, 0.29) is 32.2 Å². The Bertz CT molecular complexity index is 1800. The van der Waals surface area contributed by atoms with Gasteiger partial charge in [-0.3, -0.25) is 9.59 Å². The summed E-state index contributed by atoms with van der Waals surface area (Å²) < 4.78 is 23.0. The third-order valence-corrected chi connectivity index (χ3v) is 16.6. The molecule has 0 spiro atoms. The van der Waals surface area contributed by atoms with Gasteiger partial charge in [0.25, 0.3) is 6.29 Å². The number of unbranched alkanes of at least 4 members (excludes halogenated alkanes) is 39. The lowest BCUT2D eigenvalue weighted by Crippen LogP contribution is -2.40. The first-order valence-corrected chi connectivity index (χ1v) is 37.9. The quantitative estimate of drug-likeness (QED) is 0.0211. The summed E-state index contributed by atoms with van der Waals surface area (Å²) >= 11 is 0. The van der Waals surface area contributed by atoms with Crippen LogP contribution in [-0.2, 0) is 33.3 Å². The number of carbonyl (C=O) groups is 3. The van der Waals surface area contributed by atoms with Crippen molar-refractivity contribution in [3.8, 4) is 0 Å². The van der Waals surface area contributed by atoms with Gasteiger partial charge in [-0.25, -0.2) is 4.79 Å². The third kappa shape index (κ3) is 71.6. The van der Waals surface area contributed by atoms with Gasteiger partial charge in [-0.2, -0.15) is 0 Å². The average molecular weight is 1260 g/mol. The molecule has 0 rings (SSSR count). The summed E-state index contributed by atoms with van der Waals surface area (Å²) in [5.74, 6) is -1.99. The minimum Gasteiger partial charge on any atom is -0.477 e. The number of ether oxygens (including phenoxy) is 4. The molecule has 0 fully saturated rings. The fourth-order valence-electron chi connectivity index (χ4n) is 10.9. The Morgan fingerprint density at radius 3 is 0.944 bits per heavy atom. The molecule has 0 aliphatic heterocycles. The minimum absolute atomic E-state index is 0.181. The zero-order valence-corrected chi connectivity index (χ0v) is 59.5. The molecule has 2 unspecified atom stereocenters. The fraction of sp³-hybridized carbons (Fsp3) is 0.765. The Morgan fingerprint density at radius 1 is 0.344 bits per heavy atom. The van der Waals surface area contributed by atoms with E-state index >= 15 is 0 Å². The number of carboxylic acid groups (broad SMARTS) is 1. The zero-order chi connectivity index (χ0) is 65.4. The van der Waals surface area contributed by atoms with Crippen molar-refractivity contribution in [3.63, 3.8) is 0 Å². The van der Waals surface area contributed by atoms with Gasteiger partial charge < -0.3 is 28.5 Å². The molecule has 0 aromatic rings. The topological polar surface area (TPSA) is 108 Å². The largest absolute Gasteiger partial charge is 0.477 e. The summed E-state index contributed by atoms with van der Waals surface area (Å²) in [4.78, 5) is 37.7. The molecule has 9 nitrogen and oxygen atoms in total. The SMILES string of the molecule is CC/C=C\C/C=C\C/C=C\C/C=C\C/C=C\C/C=C\C/C=C\C/C=C\CCCCCCCCCCCCCCCCC(=O)OC(COC(=O)CCCCCCCCCCCCCCCCCCCCCCCCCCCC)COC(OCC[N+](C)(C)C)C(=O)O. The molecule has 0 saturated carbocycles. The Hall–Kier alpha value is -3.79. The second-order valence-corrected chi connectivity index (χ2v) is 26.6. The van der Waals surface area contributed by atoms with Crippen LogP contribution in [0.15, 0.2) is 97.2 Å². The second-order valence-electron chi connectivity index (χ2n) is 26.6. The van der Waals surface area contributed by atoms with E-state index in [0.29, 0.717) is 17.4 Å². The van der Waals surface area contributed by atoms with Gasteiger partial charge in [-0.1, -0.05) is 349 Å². The number of quaternary nitrogens is 1. The number of aliphatic carboxylic acids is 1. The predicted octanol–water partition coefficient (Wildman–Crippen LogP) is 24.0. The molecule has 9 heteroatoms. The third-order valence-electron chi connectivity index (χ3n) is 16.6. The Labute approximate surface area is 556 Å². The van der Waals surface area contributed by atoms with Crippen LogP contribution in [0, 0.1) is 0 Å². The van der Waals surface area contributed by atoms with Crippen LogP contribution in [0.3, 0.4) is 0 Å². The summed E-state index contributed by atoms with van der Waals surface area (Å²) in [5.41, 5.74) is 0. The highest BCUT2D eigenvalue weighted by atomic mass is 16.7. The van der Waals surface area contributed by atoms with Crippen LogP contribution >= 0.6 is 0 Å². The number of allylic oxidation sites excluding steroid dienone is 16. The summed E-state index contributed by atoms with van der Waals surface area (Å²) in [6, 6.07) is 0. The van der Waals surface area contributed by atoms with Crippen LogP contribution in [0.5, 0.6) is 0 Å². The highest BCUT2D eigenvalue weighted by molar-refractivity contribution is 5.71. The van der Waals surface area contributed by atoms with E-state index in [2.05, 4.69) is 111 Å². The number of carbonyl (C=O) groups excluding carboxylic acids is 2. The molecular formula is C81H144NO8+. The number of nitrogens with zero attached hydrogens (tertiary/aromatic N) is 1. The molecular weight excluding hydrogens is 1110 g/mol.